The van der Waals surface area contributed by atoms with Gasteiger partial charge in [0.15, 0.2) is 0 Å². The summed E-state index contributed by atoms with van der Waals surface area (Å²) < 4.78 is 10.3. The number of ether oxygens (including phenoxy) is 2. The van der Waals surface area contributed by atoms with E-state index in [9.17, 15) is 4.79 Å². The van der Waals surface area contributed by atoms with Crippen LogP contribution in [0.25, 0.3) is 0 Å². The lowest BCUT2D eigenvalue weighted by Crippen LogP contribution is -2.05. The summed E-state index contributed by atoms with van der Waals surface area (Å²) in [5.41, 5.74) is 7.59. The van der Waals surface area contributed by atoms with Gasteiger partial charge in [-0.15, -0.1) is 0 Å². The highest BCUT2D eigenvalue weighted by molar-refractivity contribution is 6.30. The molecule has 0 fully saturated rings. The third-order valence-corrected chi connectivity index (χ3v) is 2.85. The van der Waals surface area contributed by atoms with Crippen LogP contribution in [0.2, 0.25) is 5.02 Å². The fourth-order valence-electron chi connectivity index (χ4n) is 1.60. The van der Waals surface area contributed by atoms with Crippen LogP contribution in [0.15, 0.2) is 18.2 Å². The van der Waals surface area contributed by atoms with Crippen LogP contribution in [0.5, 0.6) is 0 Å². The highest BCUT2D eigenvalue weighted by Gasteiger charge is 2.00. The molecule has 1 aromatic rings. The first kappa shape index (κ1) is 15.8. The molecular weight excluding hydrogens is 266 g/mol. The van der Waals surface area contributed by atoms with E-state index < -0.39 is 0 Å². The molecule has 2 N–H and O–H groups in total. The van der Waals surface area contributed by atoms with Crippen molar-refractivity contribution in [1.82, 2.24) is 0 Å². The maximum absolute atomic E-state index is 10.5. The topological polar surface area (TPSA) is 61.5 Å². The predicted molar refractivity (Wildman–Crippen MR) is 76.3 cm³/mol. The van der Waals surface area contributed by atoms with Crippen molar-refractivity contribution < 1.29 is 14.3 Å². The highest BCUT2D eigenvalue weighted by Crippen LogP contribution is 2.18. The normalized spacial score (nSPS) is 10.4. The summed E-state index contributed by atoms with van der Waals surface area (Å²) in [5, 5.41) is 0.646. The van der Waals surface area contributed by atoms with E-state index in [1.165, 1.54) is 6.92 Å². The van der Waals surface area contributed by atoms with E-state index in [0.29, 0.717) is 30.5 Å². The third kappa shape index (κ3) is 7.03. The molecule has 5 heteroatoms. The number of unbranched alkanes of at least 4 members (excludes halogenated alkanes) is 1. The number of esters is 1. The van der Waals surface area contributed by atoms with Crippen LogP contribution >= 0.6 is 11.6 Å². The van der Waals surface area contributed by atoms with Crippen LogP contribution < -0.4 is 5.73 Å². The Morgan fingerprint density at radius 3 is 2.68 bits per heavy atom. The minimum Gasteiger partial charge on any atom is -0.466 e. The number of nitrogens with two attached hydrogens (primary N) is 1. The van der Waals surface area contributed by atoms with Gasteiger partial charge < -0.3 is 15.2 Å². The fourth-order valence-corrected chi connectivity index (χ4v) is 1.78. The van der Waals surface area contributed by atoms with Gasteiger partial charge in [0.2, 0.25) is 0 Å². The maximum atomic E-state index is 10.5. The van der Waals surface area contributed by atoms with Crippen LogP contribution in [0.4, 0.5) is 5.69 Å². The molecule has 0 unspecified atom stereocenters. The first-order valence-corrected chi connectivity index (χ1v) is 6.72. The molecule has 0 radical (unpaired) electrons. The molecule has 0 spiro atoms. The second-order valence-corrected chi connectivity index (χ2v) is 4.69. The average molecular weight is 286 g/mol. The lowest BCUT2D eigenvalue weighted by atomic mass is 10.1. The Labute approximate surface area is 118 Å². The van der Waals surface area contributed by atoms with E-state index in [0.717, 1.165) is 24.8 Å². The molecule has 0 saturated heterocycles. The monoisotopic (exact) mass is 285 g/mol. The van der Waals surface area contributed by atoms with Crippen molar-refractivity contribution in [3.63, 3.8) is 0 Å². The summed E-state index contributed by atoms with van der Waals surface area (Å²) in [6.07, 6.45) is 2.47. The Kier molecular flexibility index (Phi) is 7.30. The van der Waals surface area contributed by atoms with Gasteiger partial charge in [-0.2, -0.15) is 0 Å². The second-order valence-electron chi connectivity index (χ2n) is 4.25. The maximum Gasteiger partial charge on any atom is 0.302 e. The first-order chi connectivity index (χ1) is 9.09. The van der Waals surface area contributed by atoms with E-state index in [-0.39, 0.29) is 5.97 Å². The van der Waals surface area contributed by atoms with Crippen LogP contribution in [-0.2, 0) is 20.7 Å². The third-order valence-electron chi connectivity index (χ3n) is 2.61. The first-order valence-electron chi connectivity index (χ1n) is 6.34. The summed E-state index contributed by atoms with van der Waals surface area (Å²) in [4.78, 5) is 10.5. The van der Waals surface area contributed by atoms with Crippen molar-refractivity contribution in [2.75, 3.05) is 25.6 Å². The van der Waals surface area contributed by atoms with Crippen LogP contribution in [-0.4, -0.2) is 25.8 Å². The summed E-state index contributed by atoms with van der Waals surface area (Å²) >= 11 is 5.82. The van der Waals surface area contributed by atoms with Crippen molar-refractivity contribution in [3.8, 4) is 0 Å². The Balaban J connectivity index is 2.06. The van der Waals surface area contributed by atoms with Gasteiger partial charge in [0.05, 0.1) is 13.2 Å². The largest absolute Gasteiger partial charge is 0.466 e. The number of carbonyl (C=O) groups excluding carboxylic acids is 1. The van der Waals surface area contributed by atoms with Crippen LogP contribution in [0.1, 0.15) is 25.3 Å². The number of hydrogen-bond acceptors (Lipinski definition) is 4. The molecule has 0 heterocycles. The smallest absolute Gasteiger partial charge is 0.302 e. The van der Waals surface area contributed by atoms with E-state index in [1.54, 1.807) is 6.07 Å². The standard InChI is InChI=1S/C14H20ClNO3/c1-11(17)19-8-3-2-7-18-9-6-12-4-5-13(15)10-14(12)16/h4-5,10H,2-3,6-9,16H2,1H3. The van der Waals surface area contributed by atoms with E-state index in [4.69, 9.17) is 26.8 Å². The number of hydrogen-bond donors (Lipinski definition) is 1. The molecule has 0 bridgehead atoms. The zero-order valence-electron chi connectivity index (χ0n) is 11.2. The van der Waals surface area contributed by atoms with Gasteiger partial charge in [-0.1, -0.05) is 17.7 Å². The molecule has 0 saturated carbocycles. The molecule has 0 aliphatic rings. The van der Waals surface area contributed by atoms with Gasteiger partial charge in [-0.3, -0.25) is 4.79 Å². The van der Waals surface area contributed by atoms with Gasteiger partial charge >= 0.3 is 5.97 Å². The highest BCUT2D eigenvalue weighted by atomic mass is 35.5. The van der Waals surface area contributed by atoms with Crippen molar-refractivity contribution in [1.29, 1.82) is 0 Å². The Morgan fingerprint density at radius 2 is 2.00 bits per heavy atom. The summed E-state index contributed by atoms with van der Waals surface area (Å²) in [6.45, 7) is 3.16. The molecule has 1 aromatic carbocycles. The molecule has 0 aliphatic heterocycles. The predicted octanol–water partition coefficient (Wildman–Crippen LogP) is 2.82. The van der Waals surface area contributed by atoms with E-state index >= 15 is 0 Å². The van der Waals surface area contributed by atoms with Crippen LogP contribution in [0, 0.1) is 0 Å². The lowest BCUT2D eigenvalue weighted by Gasteiger charge is -2.07. The van der Waals surface area contributed by atoms with Crippen molar-refractivity contribution >= 4 is 23.3 Å². The zero-order chi connectivity index (χ0) is 14.1. The van der Waals surface area contributed by atoms with Gasteiger partial charge in [0.25, 0.3) is 0 Å². The van der Waals surface area contributed by atoms with Gasteiger partial charge in [-0.05, 0) is 37.0 Å². The molecule has 4 nitrogen and oxygen atoms in total. The Hall–Kier alpha value is -1.26. The number of halogens is 1. The molecule has 106 valence electrons. The second kappa shape index (κ2) is 8.77. The van der Waals surface area contributed by atoms with Crippen molar-refractivity contribution in [3.05, 3.63) is 28.8 Å². The summed E-state index contributed by atoms with van der Waals surface area (Å²) in [6, 6.07) is 5.49. The Bertz CT molecular complexity index is 410. The fraction of sp³-hybridized carbons (Fsp3) is 0.500. The van der Waals surface area contributed by atoms with E-state index in [1.807, 2.05) is 12.1 Å². The zero-order valence-corrected chi connectivity index (χ0v) is 11.9. The Morgan fingerprint density at radius 1 is 1.26 bits per heavy atom. The van der Waals surface area contributed by atoms with E-state index in [2.05, 4.69) is 0 Å². The molecular formula is C14H20ClNO3. The quantitative estimate of drug-likeness (QED) is 0.453. The number of rotatable bonds is 8. The minimum absolute atomic E-state index is 0.237. The number of anilines is 1. The van der Waals surface area contributed by atoms with Crippen LogP contribution in [0.3, 0.4) is 0 Å². The number of benzene rings is 1. The molecule has 0 aromatic heterocycles. The number of carbonyl (C=O) groups is 1. The molecule has 0 amide bonds. The lowest BCUT2D eigenvalue weighted by molar-refractivity contribution is -0.141. The molecule has 1 rings (SSSR count). The summed E-state index contributed by atoms with van der Waals surface area (Å²) in [5.74, 6) is -0.237. The summed E-state index contributed by atoms with van der Waals surface area (Å²) in [7, 11) is 0. The average Bonchev–Trinajstić information content (AvgIpc) is 2.34. The van der Waals surface area contributed by atoms with Gasteiger partial charge in [0.1, 0.15) is 0 Å². The van der Waals surface area contributed by atoms with Crippen molar-refractivity contribution in [2.45, 2.75) is 26.2 Å². The molecule has 0 atom stereocenters. The minimum atomic E-state index is -0.237. The van der Waals surface area contributed by atoms with Gasteiger partial charge in [-0.25, -0.2) is 0 Å². The number of nitrogen functional groups attached to an aromatic ring is 1. The van der Waals surface area contributed by atoms with Crippen molar-refractivity contribution in [2.24, 2.45) is 0 Å². The van der Waals surface area contributed by atoms with Gasteiger partial charge in [0, 0.05) is 24.2 Å². The SMILES string of the molecule is CC(=O)OCCCCOCCc1ccc(Cl)cc1N. The molecule has 0 aliphatic carbocycles. The molecule has 19 heavy (non-hydrogen) atoms.